The van der Waals surface area contributed by atoms with Crippen molar-refractivity contribution in [3.05, 3.63) is 69.3 Å². The first-order chi connectivity index (χ1) is 15.7. The predicted octanol–water partition coefficient (Wildman–Crippen LogP) is 3.98. The van der Waals surface area contributed by atoms with Crippen LogP contribution in [0.3, 0.4) is 0 Å². The molecule has 9 heteroatoms. The molecule has 3 saturated carbocycles. The van der Waals surface area contributed by atoms with Crippen LogP contribution in [-0.4, -0.2) is 28.9 Å². The number of fused-ring (bicyclic) bond motifs is 1. The molecule has 0 aliphatic heterocycles. The van der Waals surface area contributed by atoms with Crippen molar-refractivity contribution in [1.82, 2.24) is 5.32 Å². The van der Waals surface area contributed by atoms with Crippen molar-refractivity contribution in [3.8, 4) is 11.5 Å². The van der Waals surface area contributed by atoms with Gasteiger partial charge in [-0.2, -0.15) is 0 Å². The summed E-state index contributed by atoms with van der Waals surface area (Å²) in [4.78, 5) is 37.3. The number of benzene rings is 2. The van der Waals surface area contributed by atoms with Gasteiger partial charge in [0.1, 0.15) is 22.9 Å². The van der Waals surface area contributed by atoms with Gasteiger partial charge in [0, 0.05) is 30.2 Å². The van der Waals surface area contributed by atoms with Gasteiger partial charge in [-0.3, -0.25) is 14.4 Å². The predicted molar refractivity (Wildman–Crippen MR) is 117 cm³/mol. The van der Waals surface area contributed by atoms with Crippen molar-refractivity contribution >= 4 is 34.3 Å². The van der Waals surface area contributed by atoms with Gasteiger partial charge in [0.25, 0.3) is 5.91 Å². The van der Waals surface area contributed by atoms with Gasteiger partial charge in [0.15, 0.2) is 23.6 Å². The van der Waals surface area contributed by atoms with E-state index in [4.69, 9.17) is 20.8 Å². The van der Waals surface area contributed by atoms with Crippen LogP contribution in [0.5, 0.6) is 11.5 Å². The normalized spacial score (nSPS) is 22.8. The lowest BCUT2D eigenvalue weighted by atomic mass is 9.38. The summed E-state index contributed by atoms with van der Waals surface area (Å²) in [6, 6.07) is 9.27. The second-order valence-corrected chi connectivity index (χ2v) is 9.39. The number of ketones is 1. The molecule has 6 rings (SSSR count). The number of halogens is 2. The highest BCUT2D eigenvalue weighted by Crippen LogP contribution is 2.69. The molecule has 170 valence electrons. The summed E-state index contributed by atoms with van der Waals surface area (Å²) in [5.74, 6) is -1.13. The maximum absolute atomic E-state index is 13.5. The van der Waals surface area contributed by atoms with Gasteiger partial charge in [-0.1, -0.05) is 11.6 Å². The fourth-order valence-corrected chi connectivity index (χ4v) is 5.19. The topological polar surface area (TPSA) is 106 Å². The summed E-state index contributed by atoms with van der Waals surface area (Å²) < 4.78 is 24.3. The molecule has 2 N–H and O–H groups in total. The summed E-state index contributed by atoms with van der Waals surface area (Å²) in [6.45, 7) is -0.260. The van der Waals surface area contributed by atoms with Gasteiger partial charge in [0.2, 0.25) is 0 Å². The summed E-state index contributed by atoms with van der Waals surface area (Å²) in [6.07, 6.45) is 2.14. The van der Waals surface area contributed by atoms with Crippen molar-refractivity contribution in [3.63, 3.8) is 0 Å². The van der Waals surface area contributed by atoms with Crippen LogP contribution < -0.4 is 15.5 Å². The Bertz CT molecular complexity index is 1350. The van der Waals surface area contributed by atoms with Crippen LogP contribution in [0.4, 0.5) is 4.39 Å². The smallest absolute Gasteiger partial charge is 0.258 e. The van der Waals surface area contributed by atoms with E-state index in [-0.39, 0.29) is 69.0 Å². The van der Waals surface area contributed by atoms with Crippen LogP contribution in [0, 0.1) is 11.2 Å². The minimum Gasteiger partial charge on any atom is -0.508 e. The summed E-state index contributed by atoms with van der Waals surface area (Å²) in [5, 5.41) is 12.8. The van der Waals surface area contributed by atoms with E-state index in [1.54, 1.807) is 0 Å². The molecule has 0 saturated heterocycles. The number of ether oxygens (including phenoxy) is 1. The van der Waals surface area contributed by atoms with Gasteiger partial charge >= 0.3 is 0 Å². The monoisotopic (exact) mass is 471 g/mol. The van der Waals surface area contributed by atoms with Gasteiger partial charge in [0.05, 0.1) is 10.4 Å². The number of hydrogen-bond acceptors (Lipinski definition) is 6. The molecule has 1 aromatic heterocycles. The largest absolute Gasteiger partial charge is 0.508 e. The van der Waals surface area contributed by atoms with Crippen molar-refractivity contribution in [2.24, 2.45) is 5.41 Å². The third-order valence-electron chi connectivity index (χ3n) is 6.33. The number of carbonyl (C=O) groups excluding carboxylic acids is 2. The third-order valence-corrected chi connectivity index (χ3v) is 6.64. The zero-order valence-corrected chi connectivity index (χ0v) is 18.1. The number of Topliss-reactive ketones (excluding diaryl/α,β-unsaturated/α-hetero) is 1. The van der Waals surface area contributed by atoms with Crippen molar-refractivity contribution in [1.29, 1.82) is 0 Å². The van der Waals surface area contributed by atoms with Crippen LogP contribution in [0.15, 0.2) is 51.7 Å². The minimum absolute atomic E-state index is 0.0263. The number of carbonyl (C=O) groups is 2. The fourth-order valence-electron chi connectivity index (χ4n) is 5.07. The molecule has 3 fully saturated rings. The molecule has 2 aromatic carbocycles. The highest BCUT2D eigenvalue weighted by Gasteiger charge is 2.68. The Balaban J connectivity index is 1.16. The molecule has 3 aliphatic rings. The fraction of sp³-hybridized carbons (Fsp3) is 0.292. The number of phenols is 1. The van der Waals surface area contributed by atoms with Crippen molar-refractivity contribution in [2.45, 2.75) is 31.2 Å². The Hall–Kier alpha value is -3.39. The summed E-state index contributed by atoms with van der Waals surface area (Å²) in [5.41, 5.74) is -0.770. The van der Waals surface area contributed by atoms with E-state index in [0.29, 0.717) is 24.6 Å². The molecule has 0 unspecified atom stereocenters. The van der Waals surface area contributed by atoms with Crippen LogP contribution in [0.2, 0.25) is 5.02 Å². The van der Waals surface area contributed by atoms with Crippen LogP contribution in [-0.2, 0) is 4.79 Å². The molecule has 1 amide bonds. The second kappa shape index (κ2) is 7.59. The Labute approximate surface area is 192 Å². The molecule has 0 atom stereocenters. The lowest BCUT2D eigenvalue weighted by molar-refractivity contribution is -0.164. The zero-order chi connectivity index (χ0) is 23.4. The molecule has 33 heavy (non-hydrogen) atoms. The summed E-state index contributed by atoms with van der Waals surface area (Å²) in [7, 11) is 0. The molecule has 2 bridgehead atoms. The average Bonchev–Trinajstić information content (AvgIpc) is 2.71. The van der Waals surface area contributed by atoms with Gasteiger partial charge in [-0.15, -0.1) is 0 Å². The number of phenolic OH excluding ortho intramolecular Hbond substituents is 1. The molecular formula is C24H19ClFNO6. The number of aromatic hydroxyl groups is 1. The first kappa shape index (κ1) is 21.5. The van der Waals surface area contributed by atoms with Crippen LogP contribution in [0.1, 0.15) is 36.2 Å². The SMILES string of the molecule is O=C(COc1ccc(Cl)c(F)c1)NC12CC(CC(=O)c3cc(=O)c4ccc(O)cc4o3)(C1)C2. The lowest BCUT2D eigenvalue weighted by Gasteiger charge is -2.70. The van der Waals surface area contributed by atoms with E-state index >= 15 is 0 Å². The van der Waals surface area contributed by atoms with E-state index in [0.717, 1.165) is 6.07 Å². The van der Waals surface area contributed by atoms with E-state index in [9.17, 15) is 23.9 Å². The van der Waals surface area contributed by atoms with Crippen molar-refractivity contribution < 1.29 is 28.2 Å². The lowest BCUT2D eigenvalue weighted by Crippen LogP contribution is -2.75. The number of amides is 1. The minimum atomic E-state index is -0.625. The van der Waals surface area contributed by atoms with E-state index < -0.39 is 5.82 Å². The number of nitrogens with one attached hydrogen (secondary N) is 1. The van der Waals surface area contributed by atoms with Crippen LogP contribution >= 0.6 is 11.6 Å². The molecule has 0 radical (unpaired) electrons. The molecule has 7 nitrogen and oxygen atoms in total. The van der Waals surface area contributed by atoms with E-state index in [1.165, 1.54) is 36.4 Å². The molecular weight excluding hydrogens is 453 g/mol. The van der Waals surface area contributed by atoms with Gasteiger partial charge < -0.3 is 19.6 Å². The van der Waals surface area contributed by atoms with Crippen LogP contribution in [0.25, 0.3) is 11.0 Å². The molecule has 0 spiro atoms. The molecule has 3 aliphatic carbocycles. The average molecular weight is 472 g/mol. The Morgan fingerprint density at radius 3 is 2.64 bits per heavy atom. The maximum Gasteiger partial charge on any atom is 0.258 e. The first-order valence-corrected chi connectivity index (χ1v) is 10.7. The van der Waals surface area contributed by atoms with E-state index in [2.05, 4.69) is 5.32 Å². The zero-order valence-electron chi connectivity index (χ0n) is 17.3. The highest BCUT2D eigenvalue weighted by atomic mass is 35.5. The number of rotatable bonds is 7. The van der Waals surface area contributed by atoms with Gasteiger partial charge in [-0.25, -0.2) is 4.39 Å². The van der Waals surface area contributed by atoms with Crippen molar-refractivity contribution in [2.75, 3.05) is 6.61 Å². The second-order valence-electron chi connectivity index (χ2n) is 8.98. The Morgan fingerprint density at radius 1 is 1.15 bits per heavy atom. The third kappa shape index (κ3) is 3.95. The Morgan fingerprint density at radius 2 is 1.91 bits per heavy atom. The molecule has 1 heterocycles. The van der Waals surface area contributed by atoms with E-state index in [1.807, 2.05) is 0 Å². The molecule has 3 aromatic rings. The number of hydrogen-bond donors (Lipinski definition) is 2. The standard InChI is InChI=1S/C24H19ClFNO6/c25-16-4-2-14(6-17(16)26)32-9-22(31)27-24-10-23(11-24,12-24)8-19(30)21-7-18(29)15-3-1-13(28)5-20(15)33-21/h1-7,28H,8-12H2,(H,27,31). The highest BCUT2D eigenvalue weighted by molar-refractivity contribution is 6.30. The quantitative estimate of drug-likeness (QED) is 0.505. The summed E-state index contributed by atoms with van der Waals surface area (Å²) >= 11 is 5.62. The maximum atomic E-state index is 13.5. The van der Waals surface area contributed by atoms with Gasteiger partial charge in [-0.05, 0) is 48.9 Å². The first-order valence-electron chi connectivity index (χ1n) is 10.4. The Kier molecular flexibility index (Phi) is 4.93.